The van der Waals surface area contributed by atoms with Crippen LogP contribution in [0.25, 0.3) is 0 Å². The molecule has 7 heteroatoms. The molecule has 27 heavy (non-hydrogen) atoms. The van der Waals surface area contributed by atoms with Crippen molar-refractivity contribution < 1.29 is 23.5 Å². The van der Waals surface area contributed by atoms with Gasteiger partial charge in [-0.3, -0.25) is 4.79 Å². The molecule has 1 amide bonds. The second kappa shape index (κ2) is 10.8. The number of anilines is 1. The molecule has 0 aliphatic carbocycles. The van der Waals surface area contributed by atoms with Crippen LogP contribution in [0.3, 0.4) is 0 Å². The van der Waals surface area contributed by atoms with E-state index < -0.39 is 11.8 Å². The van der Waals surface area contributed by atoms with Gasteiger partial charge in [-0.05, 0) is 42.8 Å². The third-order valence-electron chi connectivity index (χ3n) is 3.72. The molecule has 144 valence electrons. The number of amides is 1. The van der Waals surface area contributed by atoms with Crippen LogP contribution in [0.2, 0.25) is 0 Å². The van der Waals surface area contributed by atoms with Gasteiger partial charge in [-0.2, -0.15) is 0 Å². The van der Waals surface area contributed by atoms with E-state index in [1.807, 2.05) is 37.4 Å². The Bertz CT molecular complexity index is 723. The Balaban J connectivity index is 1.55. The maximum absolute atomic E-state index is 12.8. The number of benzene rings is 2. The van der Waals surface area contributed by atoms with Gasteiger partial charge in [-0.15, -0.1) is 0 Å². The number of ether oxygens (including phenoxy) is 2. The van der Waals surface area contributed by atoms with Gasteiger partial charge in [0, 0.05) is 25.8 Å². The van der Waals surface area contributed by atoms with Crippen molar-refractivity contribution in [3.8, 4) is 5.75 Å². The van der Waals surface area contributed by atoms with Crippen molar-refractivity contribution in [2.75, 3.05) is 38.3 Å². The average molecular weight is 374 g/mol. The zero-order valence-corrected chi connectivity index (χ0v) is 15.2. The summed E-state index contributed by atoms with van der Waals surface area (Å²) < 4.78 is 22.7. The second-order valence-corrected chi connectivity index (χ2v) is 5.86. The molecule has 2 aromatic rings. The summed E-state index contributed by atoms with van der Waals surface area (Å²) in [4.78, 5) is 25.3. The van der Waals surface area contributed by atoms with Gasteiger partial charge in [-0.1, -0.05) is 18.2 Å². The summed E-state index contributed by atoms with van der Waals surface area (Å²) in [5.41, 5.74) is 1.11. The summed E-state index contributed by atoms with van der Waals surface area (Å²) >= 11 is 0. The maximum atomic E-state index is 12.8. The molecular weight excluding hydrogens is 351 g/mol. The summed E-state index contributed by atoms with van der Waals surface area (Å²) in [5, 5.41) is 2.70. The smallest absolute Gasteiger partial charge is 0.344 e. The summed E-state index contributed by atoms with van der Waals surface area (Å²) in [5.74, 6) is -1.08. The number of para-hydroxylation sites is 1. The van der Waals surface area contributed by atoms with Crippen LogP contribution < -0.4 is 15.0 Å². The van der Waals surface area contributed by atoms with Gasteiger partial charge in [0.2, 0.25) is 0 Å². The predicted molar refractivity (Wildman–Crippen MR) is 100 cm³/mol. The van der Waals surface area contributed by atoms with Crippen LogP contribution in [0.1, 0.15) is 6.42 Å². The van der Waals surface area contributed by atoms with Crippen molar-refractivity contribution in [3.05, 3.63) is 60.4 Å². The van der Waals surface area contributed by atoms with E-state index in [0.717, 1.165) is 18.7 Å². The Morgan fingerprint density at radius 3 is 2.44 bits per heavy atom. The first-order chi connectivity index (χ1) is 13.0. The van der Waals surface area contributed by atoms with Gasteiger partial charge in [0.25, 0.3) is 5.91 Å². The van der Waals surface area contributed by atoms with Crippen molar-refractivity contribution >= 4 is 17.6 Å². The number of nitrogens with zero attached hydrogens (tertiary/aromatic N) is 1. The zero-order valence-electron chi connectivity index (χ0n) is 15.2. The molecule has 0 saturated heterocycles. The van der Waals surface area contributed by atoms with Crippen LogP contribution in [-0.2, 0) is 14.3 Å². The van der Waals surface area contributed by atoms with Crippen molar-refractivity contribution in [2.45, 2.75) is 6.42 Å². The zero-order chi connectivity index (χ0) is 19.5. The lowest BCUT2D eigenvalue weighted by molar-refractivity contribution is -0.150. The second-order valence-electron chi connectivity index (χ2n) is 5.86. The Morgan fingerprint density at radius 2 is 1.74 bits per heavy atom. The van der Waals surface area contributed by atoms with Crippen molar-refractivity contribution in [1.29, 1.82) is 0 Å². The van der Waals surface area contributed by atoms with Gasteiger partial charge in [0.1, 0.15) is 11.6 Å². The molecule has 0 bridgehead atoms. The average Bonchev–Trinajstić information content (AvgIpc) is 2.69. The van der Waals surface area contributed by atoms with Gasteiger partial charge in [-0.25, -0.2) is 9.18 Å². The molecule has 2 rings (SSSR count). The molecule has 1 N–H and O–H groups in total. The van der Waals surface area contributed by atoms with E-state index in [9.17, 15) is 14.0 Å². The molecule has 2 aromatic carbocycles. The highest BCUT2D eigenvalue weighted by atomic mass is 19.1. The minimum Gasteiger partial charge on any atom is -0.482 e. The number of carbonyl (C=O) groups is 2. The van der Waals surface area contributed by atoms with Crippen LogP contribution in [0.5, 0.6) is 5.75 Å². The third kappa shape index (κ3) is 7.77. The van der Waals surface area contributed by atoms with Crippen molar-refractivity contribution in [2.24, 2.45) is 0 Å². The summed E-state index contributed by atoms with van der Waals surface area (Å²) in [6.07, 6.45) is 0.763. The van der Waals surface area contributed by atoms with E-state index in [4.69, 9.17) is 9.47 Å². The molecular formula is C20H23FN2O4. The van der Waals surface area contributed by atoms with Crippen LogP contribution in [0.15, 0.2) is 54.6 Å². The van der Waals surface area contributed by atoms with E-state index >= 15 is 0 Å². The molecule has 6 nitrogen and oxygen atoms in total. The lowest BCUT2D eigenvalue weighted by Gasteiger charge is -2.19. The number of rotatable bonds is 10. The highest BCUT2D eigenvalue weighted by Gasteiger charge is 2.08. The van der Waals surface area contributed by atoms with E-state index in [-0.39, 0.29) is 19.1 Å². The third-order valence-corrected chi connectivity index (χ3v) is 3.72. The fraction of sp³-hybridized carbons (Fsp3) is 0.300. The number of esters is 1. The molecule has 0 radical (unpaired) electrons. The molecule has 0 aliphatic heterocycles. The monoisotopic (exact) mass is 374 g/mol. The van der Waals surface area contributed by atoms with Gasteiger partial charge in [0.05, 0.1) is 0 Å². The molecule has 0 heterocycles. The Labute approximate surface area is 157 Å². The Hall–Kier alpha value is -3.09. The first-order valence-electron chi connectivity index (χ1n) is 8.61. The number of nitrogens with one attached hydrogen (secondary N) is 1. The largest absolute Gasteiger partial charge is 0.482 e. The predicted octanol–water partition coefficient (Wildman–Crippen LogP) is 2.39. The summed E-state index contributed by atoms with van der Waals surface area (Å²) in [6.45, 7) is 0.566. The van der Waals surface area contributed by atoms with Crippen molar-refractivity contribution in [3.63, 3.8) is 0 Å². The summed E-state index contributed by atoms with van der Waals surface area (Å²) in [7, 11) is 1.99. The van der Waals surface area contributed by atoms with Gasteiger partial charge < -0.3 is 19.7 Å². The van der Waals surface area contributed by atoms with E-state index in [1.54, 1.807) is 0 Å². The Morgan fingerprint density at radius 1 is 1.04 bits per heavy atom. The van der Waals surface area contributed by atoms with Crippen molar-refractivity contribution in [1.82, 2.24) is 5.32 Å². The number of carbonyl (C=O) groups excluding carboxylic acids is 2. The highest BCUT2D eigenvalue weighted by Crippen LogP contribution is 2.11. The SMILES string of the molecule is CN(CCCNC(=O)COC(=O)COc1ccc(F)cc1)c1ccccc1. The van der Waals surface area contributed by atoms with E-state index in [1.165, 1.54) is 24.3 Å². The first kappa shape index (κ1) is 20.2. The fourth-order valence-corrected chi connectivity index (χ4v) is 2.27. The first-order valence-corrected chi connectivity index (χ1v) is 8.61. The van der Waals surface area contributed by atoms with Crippen LogP contribution >= 0.6 is 0 Å². The van der Waals surface area contributed by atoms with Gasteiger partial charge >= 0.3 is 5.97 Å². The minimum absolute atomic E-state index is 0.346. The highest BCUT2D eigenvalue weighted by molar-refractivity contribution is 5.80. The molecule has 0 unspecified atom stereocenters. The van der Waals surface area contributed by atoms with Gasteiger partial charge in [0.15, 0.2) is 13.2 Å². The van der Waals surface area contributed by atoms with Crippen LogP contribution in [0, 0.1) is 5.82 Å². The molecule has 0 aromatic heterocycles. The number of hydrogen-bond donors (Lipinski definition) is 1. The normalized spacial score (nSPS) is 10.1. The number of halogens is 1. The molecule has 0 saturated carbocycles. The standard InChI is InChI=1S/C20H23FN2O4/c1-23(17-6-3-2-4-7-17)13-5-12-22-19(24)14-27-20(25)15-26-18-10-8-16(21)9-11-18/h2-4,6-11H,5,12-15H2,1H3,(H,22,24). The summed E-state index contributed by atoms with van der Waals surface area (Å²) in [6, 6.07) is 15.2. The van der Waals surface area contributed by atoms with Crippen LogP contribution in [-0.4, -0.2) is 45.2 Å². The molecule has 0 fully saturated rings. The van der Waals surface area contributed by atoms with E-state index in [2.05, 4.69) is 10.2 Å². The fourth-order valence-electron chi connectivity index (χ4n) is 2.27. The molecule has 0 atom stereocenters. The minimum atomic E-state index is -0.668. The lowest BCUT2D eigenvalue weighted by Crippen LogP contribution is -2.32. The number of hydrogen-bond acceptors (Lipinski definition) is 5. The molecule has 0 aliphatic rings. The maximum Gasteiger partial charge on any atom is 0.344 e. The lowest BCUT2D eigenvalue weighted by atomic mass is 10.3. The van der Waals surface area contributed by atoms with Crippen LogP contribution in [0.4, 0.5) is 10.1 Å². The quantitative estimate of drug-likeness (QED) is 0.511. The Kier molecular flexibility index (Phi) is 8.09. The topological polar surface area (TPSA) is 67.9 Å². The van der Waals surface area contributed by atoms with E-state index in [0.29, 0.717) is 12.3 Å². The molecule has 0 spiro atoms.